The van der Waals surface area contributed by atoms with Crippen molar-refractivity contribution in [2.75, 3.05) is 5.32 Å². The number of anilines is 1. The first kappa shape index (κ1) is 12.6. The molecule has 4 rings (SSSR count). The van der Waals surface area contributed by atoms with Crippen LogP contribution in [0.4, 0.5) is 5.69 Å². The maximum absolute atomic E-state index is 12.4. The van der Waals surface area contributed by atoms with E-state index < -0.39 is 0 Å². The van der Waals surface area contributed by atoms with Gasteiger partial charge >= 0.3 is 0 Å². The van der Waals surface area contributed by atoms with Crippen LogP contribution < -0.4 is 5.32 Å². The Morgan fingerprint density at radius 1 is 1.26 bits per heavy atom. The fourth-order valence-electron chi connectivity index (χ4n) is 4.48. The summed E-state index contributed by atoms with van der Waals surface area (Å²) in [6.45, 7) is 0. The second-order valence-corrected chi connectivity index (χ2v) is 8.23. The van der Waals surface area contributed by atoms with Crippen LogP contribution in [0.25, 0.3) is 0 Å². The Labute approximate surface area is 135 Å². The van der Waals surface area contributed by atoms with Gasteiger partial charge in [-0.2, -0.15) is 0 Å². The van der Waals surface area contributed by atoms with Gasteiger partial charge in [-0.05, 0) is 99.7 Å². The van der Waals surface area contributed by atoms with Crippen molar-refractivity contribution in [3.8, 4) is 0 Å². The average Bonchev–Trinajstić information content (AvgIpc) is 2.82. The van der Waals surface area contributed by atoms with Gasteiger partial charge in [0.15, 0.2) is 0 Å². The molecule has 4 atom stereocenters. The summed E-state index contributed by atoms with van der Waals surface area (Å²) in [5.74, 6) is 3.67. The van der Waals surface area contributed by atoms with Crippen LogP contribution in [0.2, 0.25) is 0 Å². The first-order valence-electron chi connectivity index (χ1n) is 6.91. The standard InChI is InChI=1S/C15H15BrINO/c16-10-6-9(17)3-4-11(10)18-15(19)14-12-7-1-2-8(5-7)13(12)14/h3-4,6-8,12-14H,1-2,5H2,(H,18,19). The van der Waals surface area contributed by atoms with E-state index in [1.807, 2.05) is 18.2 Å². The van der Waals surface area contributed by atoms with Crippen LogP contribution in [-0.4, -0.2) is 5.91 Å². The highest BCUT2D eigenvalue weighted by atomic mass is 127. The molecule has 1 aromatic rings. The number of carbonyl (C=O) groups is 1. The Morgan fingerprint density at radius 2 is 1.95 bits per heavy atom. The Hall–Kier alpha value is -0.100. The van der Waals surface area contributed by atoms with Crippen LogP contribution in [0.1, 0.15) is 19.3 Å². The monoisotopic (exact) mass is 431 g/mol. The lowest BCUT2D eigenvalue weighted by molar-refractivity contribution is -0.118. The van der Waals surface area contributed by atoms with Crippen LogP contribution >= 0.6 is 38.5 Å². The van der Waals surface area contributed by atoms with Crippen LogP contribution in [0.15, 0.2) is 22.7 Å². The van der Waals surface area contributed by atoms with E-state index in [1.165, 1.54) is 22.8 Å². The minimum absolute atomic E-state index is 0.244. The minimum Gasteiger partial charge on any atom is -0.325 e. The number of amides is 1. The third-order valence-electron chi connectivity index (χ3n) is 5.23. The summed E-state index contributed by atoms with van der Waals surface area (Å²) in [6.07, 6.45) is 4.12. The zero-order valence-electron chi connectivity index (χ0n) is 10.4. The van der Waals surface area contributed by atoms with E-state index in [0.29, 0.717) is 17.8 Å². The molecule has 0 aromatic heterocycles. The van der Waals surface area contributed by atoms with Crippen molar-refractivity contribution in [2.24, 2.45) is 29.6 Å². The maximum Gasteiger partial charge on any atom is 0.228 e. The first-order valence-corrected chi connectivity index (χ1v) is 8.78. The van der Waals surface area contributed by atoms with E-state index >= 15 is 0 Å². The van der Waals surface area contributed by atoms with E-state index in [-0.39, 0.29) is 5.91 Å². The molecule has 1 aromatic carbocycles. The molecular formula is C15H15BrINO. The predicted molar refractivity (Wildman–Crippen MR) is 86.8 cm³/mol. The van der Waals surface area contributed by atoms with E-state index in [9.17, 15) is 4.79 Å². The van der Waals surface area contributed by atoms with Crippen molar-refractivity contribution in [3.05, 3.63) is 26.2 Å². The molecule has 2 bridgehead atoms. The van der Waals surface area contributed by atoms with Gasteiger partial charge in [-0.1, -0.05) is 0 Å². The minimum atomic E-state index is 0.244. The molecule has 2 nitrogen and oxygen atoms in total. The fourth-order valence-corrected chi connectivity index (χ4v) is 5.88. The third-order valence-corrected chi connectivity index (χ3v) is 6.55. The molecule has 1 amide bonds. The first-order chi connectivity index (χ1) is 9.15. The Bertz CT molecular complexity index is 545. The second-order valence-electron chi connectivity index (χ2n) is 6.13. The normalized spacial score (nSPS) is 38.1. The highest BCUT2D eigenvalue weighted by Gasteiger charge is 2.67. The molecular weight excluding hydrogens is 417 g/mol. The third kappa shape index (κ3) is 1.97. The highest BCUT2D eigenvalue weighted by molar-refractivity contribution is 14.1. The van der Waals surface area contributed by atoms with Crippen LogP contribution in [-0.2, 0) is 4.79 Å². The SMILES string of the molecule is O=C(Nc1ccc(I)cc1Br)C1C2C3CCC(C3)C12. The summed E-state index contributed by atoms with van der Waals surface area (Å²) >= 11 is 5.80. The van der Waals surface area contributed by atoms with Gasteiger partial charge in [0.05, 0.1) is 5.69 Å². The summed E-state index contributed by atoms with van der Waals surface area (Å²) in [5, 5.41) is 3.11. The Balaban J connectivity index is 1.48. The van der Waals surface area contributed by atoms with E-state index in [4.69, 9.17) is 0 Å². The molecule has 100 valence electrons. The van der Waals surface area contributed by atoms with Gasteiger partial charge in [-0.25, -0.2) is 0 Å². The van der Waals surface area contributed by atoms with Gasteiger partial charge in [0, 0.05) is 14.0 Å². The Kier molecular flexibility index (Phi) is 2.96. The largest absolute Gasteiger partial charge is 0.325 e. The van der Waals surface area contributed by atoms with Crippen molar-refractivity contribution in [3.63, 3.8) is 0 Å². The van der Waals surface area contributed by atoms with Crippen molar-refractivity contribution < 1.29 is 4.79 Å². The molecule has 3 aliphatic carbocycles. The number of hydrogen-bond acceptors (Lipinski definition) is 1. The van der Waals surface area contributed by atoms with Gasteiger partial charge in [0.2, 0.25) is 5.91 Å². The summed E-state index contributed by atoms with van der Waals surface area (Å²) in [6, 6.07) is 6.04. The van der Waals surface area contributed by atoms with Crippen molar-refractivity contribution in [1.29, 1.82) is 0 Å². The van der Waals surface area contributed by atoms with Crippen LogP contribution in [0.3, 0.4) is 0 Å². The average molecular weight is 432 g/mol. The van der Waals surface area contributed by atoms with Gasteiger partial charge in [0.25, 0.3) is 0 Å². The van der Waals surface area contributed by atoms with Gasteiger partial charge in [-0.15, -0.1) is 0 Å². The number of rotatable bonds is 2. The number of halogens is 2. The molecule has 0 aliphatic heterocycles. The molecule has 3 saturated carbocycles. The fraction of sp³-hybridized carbons (Fsp3) is 0.533. The summed E-state index contributed by atoms with van der Waals surface area (Å²) in [5.41, 5.74) is 0.905. The van der Waals surface area contributed by atoms with Crippen molar-refractivity contribution in [2.45, 2.75) is 19.3 Å². The zero-order chi connectivity index (χ0) is 13.1. The Morgan fingerprint density at radius 3 is 2.58 bits per heavy atom. The maximum atomic E-state index is 12.4. The molecule has 4 heteroatoms. The topological polar surface area (TPSA) is 29.1 Å². The zero-order valence-corrected chi connectivity index (χ0v) is 14.1. The van der Waals surface area contributed by atoms with Crippen molar-refractivity contribution >= 4 is 50.1 Å². The number of fused-ring (bicyclic) bond motifs is 5. The number of nitrogens with one attached hydrogen (secondary N) is 1. The van der Waals surface area contributed by atoms with E-state index in [2.05, 4.69) is 43.8 Å². The van der Waals surface area contributed by atoms with Crippen LogP contribution in [0, 0.1) is 33.2 Å². The molecule has 4 unspecified atom stereocenters. The molecule has 0 radical (unpaired) electrons. The van der Waals surface area contributed by atoms with Crippen LogP contribution in [0.5, 0.6) is 0 Å². The van der Waals surface area contributed by atoms with Crippen molar-refractivity contribution in [1.82, 2.24) is 0 Å². The number of benzene rings is 1. The molecule has 0 saturated heterocycles. The molecule has 0 spiro atoms. The van der Waals surface area contributed by atoms with Gasteiger partial charge < -0.3 is 5.32 Å². The lowest BCUT2D eigenvalue weighted by Crippen LogP contribution is -2.18. The molecule has 3 fully saturated rings. The number of carbonyl (C=O) groups excluding carboxylic acids is 1. The smallest absolute Gasteiger partial charge is 0.228 e. The molecule has 1 N–H and O–H groups in total. The number of hydrogen-bond donors (Lipinski definition) is 1. The summed E-state index contributed by atoms with van der Waals surface area (Å²) in [4.78, 5) is 12.4. The van der Waals surface area contributed by atoms with Gasteiger partial charge in [0.1, 0.15) is 0 Å². The predicted octanol–water partition coefficient (Wildman–Crippen LogP) is 4.28. The molecule has 3 aliphatic rings. The van der Waals surface area contributed by atoms with E-state index in [1.54, 1.807) is 0 Å². The second kappa shape index (κ2) is 4.45. The lowest BCUT2D eigenvalue weighted by Gasteiger charge is -2.11. The van der Waals surface area contributed by atoms with Gasteiger partial charge in [-0.3, -0.25) is 4.79 Å². The summed E-state index contributed by atoms with van der Waals surface area (Å²) in [7, 11) is 0. The summed E-state index contributed by atoms with van der Waals surface area (Å²) < 4.78 is 2.14. The highest BCUT2D eigenvalue weighted by Crippen LogP contribution is 2.69. The quantitative estimate of drug-likeness (QED) is 0.695. The molecule has 19 heavy (non-hydrogen) atoms. The lowest BCUT2D eigenvalue weighted by atomic mass is 10.0. The molecule has 0 heterocycles. The van der Waals surface area contributed by atoms with E-state index in [0.717, 1.165) is 22.0 Å².